The van der Waals surface area contributed by atoms with Gasteiger partial charge in [-0.2, -0.15) is 18.2 Å². The average Bonchev–Trinajstić information content (AvgIpc) is 3.58. The van der Waals surface area contributed by atoms with Gasteiger partial charge >= 0.3 is 6.18 Å². The Balaban J connectivity index is 1.43. The number of aromatic nitrogens is 4. The Labute approximate surface area is 215 Å². The second-order valence-corrected chi connectivity index (χ2v) is 9.55. The minimum atomic E-state index is -4.52. The molecule has 0 bridgehead atoms. The fraction of sp³-hybridized carbons (Fsp3) is 0.400. The van der Waals surface area contributed by atoms with Crippen LogP contribution in [0.25, 0.3) is 22.4 Å². The molecule has 2 atom stereocenters. The lowest BCUT2D eigenvalue weighted by Gasteiger charge is -2.33. The maximum atomic E-state index is 14.7. The number of hydrogen-bond donors (Lipinski definition) is 2. The summed E-state index contributed by atoms with van der Waals surface area (Å²) in [5, 5.41) is 10.2. The van der Waals surface area contributed by atoms with E-state index in [0.717, 1.165) is 4.57 Å². The van der Waals surface area contributed by atoms with Crippen LogP contribution >= 0.6 is 0 Å². The molecule has 1 fully saturated rings. The molecule has 1 saturated heterocycles. The van der Waals surface area contributed by atoms with E-state index in [9.17, 15) is 22.4 Å². The van der Waals surface area contributed by atoms with Gasteiger partial charge in [-0.3, -0.25) is 4.79 Å². The third kappa shape index (κ3) is 5.52. The van der Waals surface area contributed by atoms with Crippen molar-refractivity contribution in [1.82, 2.24) is 29.5 Å². The van der Waals surface area contributed by atoms with Crippen LogP contribution in [0, 0.1) is 0 Å². The summed E-state index contributed by atoms with van der Waals surface area (Å²) in [6, 6.07) is 7.64. The summed E-state index contributed by atoms with van der Waals surface area (Å²) in [6.45, 7) is -0.383. The molecule has 13 heteroatoms. The molecule has 38 heavy (non-hydrogen) atoms. The molecule has 0 radical (unpaired) electrons. The summed E-state index contributed by atoms with van der Waals surface area (Å²) in [4.78, 5) is 18.4. The van der Waals surface area contributed by atoms with E-state index in [-0.39, 0.29) is 36.4 Å². The van der Waals surface area contributed by atoms with Crippen molar-refractivity contribution in [2.75, 3.05) is 25.5 Å². The van der Waals surface area contributed by atoms with E-state index in [1.54, 1.807) is 54.3 Å². The Morgan fingerprint density at radius 3 is 2.76 bits per heavy atom. The van der Waals surface area contributed by atoms with Crippen LogP contribution in [0.15, 0.2) is 47.2 Å². The largest absolute Gasteiger partial charge is 0.406 e. The van der Waals surface area contributed by atoms with Crippen LogP contribution in [0.1, 0.15) is 22.7 Å². The van der Waals surface area contributed by atoms with Crippen LogP contribution in [0.5, 0.6) is 0 Å². The van der Waals surface area contributed by atoms with Crippen LogP contribution in [-0.2, 0) is 20.1 Å². The van der Waals surface area contributed by atoms with Crippen LogP contribution in [-0.4, -0.2) is 68.6 Å². The summed E-state index contributed by atoms with van der Waals surface area (Å²) < 4.78 is 63.4. The number of fused-ring (bicyclic) bond motifs is 1. The lowest BCUT2D eigenvalue weighted by molar-refractivity contribution is -0.139. The first-order valence-electron chi connectivity index (χ1n) is 12.1. The molecular formula is C25H27F4N7O2. The molecule has 5 rings (SSSR count). The van der Waals surface area contributed by atoms with E-state index in [1.165, 1.54) is 0 Å². The van der Waals surface area contributed by atoms with Gasteiger partial charge in [0.2, 0.25) is 11.7 Å². The number of halogens is 4. The van der Waals surface area contributed by atoms with E-state index in [1.807, 2.05) is 11.9 Å². The first-order valence-corrected chi connectivity index (χ1v) is 12.1. The van der Waals surface area contributed by atoms with Gasteiger partial charge in [-0.1, -0.05) is 11.2 Å². The Kier molecular flexibility index (Phi) is 6.86. The van der Waals surface area contributed by atoms with E-state index in [4.69, 9.17) is 4.52 Å². The van der Waals surface area contributed by atoms with Gasteiger partial charge in [0.05, 0.1) is 29.4 Å². The number of aryl methyl sites for hydroxylation is 1. The zero-order chi connectivity index (χ0) is 27.0. The zero-order valence-corrected chi connectivity index (χ0v) is 20.8. The van der Waals surface area contributed by atoms with Gasteiger partial charge in [-0.15, -0.1) is 0 Å². The molecule has 0 spiro atoms. The van der Waals surface area contributed by atoms with Crippen molar-refractivity contribution in [3.8, 4) is 11.5 Å². The predicted octanol–water partition coefficient (Wildman–Crippen LogP) is 3.98. The van der Waals surface area contributed by atoms with E-state index >= 15 is 0 Å². The standard InChI is InChI=1S/C25H27F4N7O2/c1-34-8-6-15(12-34)24(37)30-11-22-32-23(33-38-22)21-10-16-18(31-19-7-9-35(2)13-17(19)26)4-3-5-20(16)36(21)14-25(27,28)29/h3-6,8,10,12,17,19,31H,7,9,11,13-14H2,1-2H3,(H,30,37)/t17-,19+/m1/s1. The molecule has 0 unspecified atom stereocenters. The van der Waals surface area contributed by atoms with Crippen molar-refractivity contribution in [2.45, 2.75) is 37.9 Å². The summed E-state index contributed by atoms with van der Waals surface area (Å²) in [5.41, 5.74) is 1.36. The smallest absolute Gasteiger partial charge is 0.379 e. The summed E-state index contributed by atoms with van der Waals surface area (Å²) in [6.07, 6.45) is -1.70. The van der Waals surface area contributed by atoms with Crippen molar-refractivity contribution in [3.05, 3.63) is 54.2 Å². The Hall–Kier alpha value is -3.87. The van der Waals surface area contributed by atoms with Crippen molar-refractivity contribution in [3.63, 3.8) is 0 Å². The molecule has 9 nitrogen and oxygen atoms in total. The van der Waals surface area contributed by atoms with Crippen LogP contribution < -0.4 is 10.6 Å². The van der Waals surface area contributed by atoms with E-state index in [0.29, 0.717) is 35.1 Å². The number of amides is 1. The highest BCUT2D eigenvalue weighted by Gasteiger charge is 2.32. The number of alkyl halides is 4. The number of likely N-dealkylation sites (tertiary alicyclic amines) is 1. The van der Waals surface area contributed by atoms with Gasteiger partial charge in [0.1, 0.15) is 12.7 Å². The fourth-order valence-corrected chi connectivity index (χ4v) is 4.69. The molecule has 4 heterocycles. The van der Waals surface area contributed by atoms with Gasteiger partial charge in [-0.05, 0) is 37.7 Å². The van der Waals surface area contributed by atoms with Crippen LogP contribution in [0.2, 0.25) is 0 Å². The normalized spacial score (nSPS) is 18.7. The molecule has 3 aromatic heterocycles. The highest BCUT2D eigenvalue weighted by molar-refractivity contribution is 5.96. The molecule has 1 aromatic carbocycles. The van der Waals surface area contributed by atoms with Crippen molar-refractivity contribution < 1.29 is 26.9 Å². The molecule has 1 amide bonds. The van der Waals surface area contributed by atoms with Gasteiger partial charge in [0, 0.05) is 43.6 Å². The van der Waals surface area contributed by atoms with E-state index in [2.05, 4.69) is 20.8 Å². The maximum Gasteiger partial charge on any atom is 0.406 e. The summed E-state index contributed by atoms with van der Waals surface area (Å²) >= 11 is 0. The second-order valence-electron chi connectivity index (χ2n) is 9.55. The number of piperidine rings is 1. The quantitative estimate of drug-likeness (QED) is 0.349. The number of hydrogen-bond acceptors (Lipinski definition) is 6. The first-order chi connectivity index (χ1) is 18.1. The Morgan fingerprint density at radius 2 is 2.05 bits per heavy atom. The number of nitrogens with zero attached hydrogens (tertiary/aromatic N) is 5. The molecule has 202 valence electrons. The van der Waals surface area contributed by atoms with Gasteiger partial charge in [0.15, 0.2) is 0 Å². The number of rotatable bonds is 7. The zero-order valence-electron chi connectivity index (χ0n) is 20.8. The second kappa shape index (κ2) is 10.1. The number of carbonyl (C=O) groups is 1. The molecule has 1 aliphatic rings. The highest BCUT2D eigenvalue weighted by atomic mass is 19.4. The minimum absolute atomic E-state index is 0.0399. The Bertz CT molecular complexity index is 1440. The topological polar surface area (TPSA) is 93.2 Å². The van der Waals surface area contributed by atoms with Gasteiger partial charge < -0.3 is 29.2 Å². The molecular weight excluding hydrogens is 506 g/mol. The maximum absolute atomic E-state index is 14.7. The van der Waals surface area contributed by atoms with Crippen LogP contribution in [0.4, 0.5) is 23.2 Å². The number of anilines is 1. The Morgan fingerprint density at radius 1 is 1.24 bits per heavy atom. The number of carbonyl (C=O) groups excluding carboxylic acids is 1. The predicted molar refractivity (Wildman–Crippen MR) is 132 cm³/mol. The first kappa shape index (κ1) is 25.8. The molecule has 1 aliphatic heterocycles. The van der Waals surface area contributed by atoms with Crippen molar-refractivity contribution in [2.24, 2.45) is 7.05 Å². The monoisotopic (exact) mass is 533 g/mol. The summed E-state index contributed by atoms with van der Waals surface area (Å²) in [5.74, 6) is -0.367. The molecule has 4 aromatic rings. The lowest BCUT2D eigenvalue weighted by atomic mass is 10.0. The third-order valence-corrected chi connectivity index (χ3v) is 6.56. The average molecular weight is 534 g/mol. The van der Waals surface area contributed by atoms with Gasteiger partial charge in [-0.25, -0.2) is 4.39 Å². The molecule has 0 saturated carbocycles. The minimum Gasteiger partial charge on any atom is -0.379 e. The molecule has 0 aliphatic carbocycles. The lowest BCUT2D eigenvalue weighted by Crippen LogP contribution is -2.46. The van der Waals surface area contributed by atoms with Crippen molar-refractivity contribution >= 4 is 22.5 Å². The van der Waals surface area contributed by atoms with E-state index < -0.39 is 24.9 Å². The summed E-state index contributed by atoms with van der Waals surface area (Å²) in [7, 11) is 3.63. The SMILES string of the molecule is CN1CC[C@H](Nc2cccc3c2cc(-c2noc(CNC(=O)c4ccn(C)c4)n2)n3CC(F)(F)F)[C@H](F)C1. The van der Waals surface area contributed by atoms with Gasteiger partial charge in [0.25, 0.3) is 5.91 Å². The third-order valence-electron chi connectivity index (χ3n) is 6.56. The fourth-order valence-electron chi connectivity index (χ4n) is 4.69. The number of benzene rings is 1. The van der Waals surface area contributed by atoms with Crippen LogP contribution in [0.3, 0.4) is 0 Å². The van der Waals surface area contributed by atoms with Crippen molar-refractivity contribution in [1.29, 1.82) is 0 Å². The molecule has 2 N–H and O–H groups in total. The number of nitrogens with one attached hydrogen (secondary N) is 2. The highest BCUT2D eigenvalue weighted by Crippen LogP contribution is 2.35.